The molecule has 0 aliphatic carbocycles. The maximum Gasteiger partial charge on any atom is 0.189 e. The lowest BCUT2D eigenvalue weighted by molar-refractivity contribution is 0.839. The first-order valence-corrected chi connectivity index (χ1v) is 6.70. The fraction of sp³-hybridized carbons (Fsp3) is 0.0909. The Morgan fingerprint density at radius 1 is 1.17 bits per heavy atom. The smallest absolute Gasteiger partial charge is 0.189 e. The molecule has 0 amide bonds. The Morgan fingerprint density at radius 3 is 2.39 bits per heavy atom. The molecule has 0 radical (unpaired) electrons. The number of halogens is 1. The lowest BCUT2D eigenvalue weighted by Crippen LogP contribution is -2.48. The Hall–Kier alpha value is -1.18. The number of thiocarbonyl (C=S) groups is 2. The SMILES string of the molecule is C=CCNC(=S)NNC(=S)Nc1ccc(Br)cc1. The molecular weight excluding hydrogens is 332 g/mol. The van der Waals surface area contributed by atoms with Crippen molar-refractivity contribution in [2.24, 2.45) is 0 Å². The predicted octanol–water partition coefficient (Wildman–Crippen LogP) is 2.30. The van der Waals surface area contributed by atoms with Crippen LogP contribution in [0.25, 0.3) is 0 Å². The molecule has 0 atom stereocenters. The monoisotopic (exact) mass is 344 g/mol. The standard InChI is InChI=1S/C11H13BrN4S2/c1-2-7-13-10(17)15-16-11(18)14-9-5-3-8(12)4-6-9/h2-6H,1,7H2,(H2,13,15,17)(H2,14,16,18). The van der Waals surface area contributed by atoms with E-state index in [9.17, 15) is 0 Å². The molecule has 18 heavy (non-hydrogen) atoms. The van der Waals surface area contributed by atoms with Gasteiger partial charge in [0.1, 0.15) is 0 Å². The van der Waals surface area contributed by atoms with Crippen LogP contribution in [-0.4, -0.2) is 16.8 Å². The van der Waals surface area contributed by atoms with E-state index in [2.05, 4.69) is 44.0 Å². The van der Waals surface area contributed by atoms with Crippen LogP contribution in [0.4, 0.5) is 5.69 Å². The first kappa shape index (κ1) is 14.9. The number of hydrogen-bond acceptors (Lipinski definition) is 2. The number of hydrazine groups is 1. The molecule has 4 nitrogen and oxygen atoms in total. The van der Waals surface area contributed by atoms with Crippen LogP contribution in [0.1, 0.15) is 0 Å². The molecule has 1 rings (SSSR count). The summed E-state index contributed by atoms with van der Waals surface area (Å²) in [5.41, 5.74) is 6.42. The predicted molar refractivity (Wildman–Crippen MR) is 87.4 cm³/mol. The average molecular weight is 345 g/mol. The van der Waals surface area contributed by atoms with E-state index in [0.717, 1.165) is 10.2 Å². The largest absolute Gasteiger partial charge is 0.358 e. The zero-order valence-electron chi connectivity index (χ0n) is 9.50. The maximum atomic E-state index is 5.10. The Bertz CT molecular complexity index is 433. The number of nitrogens with one attached hydrogen (secondary N) is 4. The van der Waals surface area contributed by atoms with Crippen molar-refractivity contribution < 1.29 is 0 Å². The summed E-state index contributed by atoms with van der Waals surface area (Å²) in [6, 6.07) is 7.67. The Kier molecular flexibility index (Phi) is 6.63. The average Bonchev–Trinajstić information content (AvgIpc) is 2.36. The second-order valence-electron chi connectivity index (χ2n) is 3.21. The first-order valence-electron chi connectivity index (χ1n) is 5.09. The zero-order chi connectivity index (χ0) is 13.4. The third-order valence-electron chi connectivity index (χ3n) is 1.80. The highest BCUT2D eigenvalue weighted by molar-refractivity contribution is 9.10. The fourth-order valence-electron chi connectivity index (χ4n) is 1.02. The Balaban J connectivity index is 2.31. The summed E-state index contributed by atoms with van der Waals surface area (Å²) < 4.78 is 1.01. The summed E-state index contributed by atoms with van der Waals surface area (Å²) in [5, 5.41) is 6.80. The molecule has 0 fully saturated rings. The minimum absolute atomic E-state index is 0.431. The Morgan fingerprint density at radius 2 is 1.78 bits per heavy atom. The number of rotatable bonds is 3. The van der Waals surface area contributed by atoms with Crippen molar-refractivity contribution >= 4 is 56.3 Å². The minimum atomic E-state index is 0.431. The Labute approximate surface area is 125 Å². The van der Waals surface area contributed by atoms with E-state index in [1.807, 2.05) is 24.3 Å². The molecule has 0 saturated heterocycles. The maximum absolute atomic E-state index is 5.10. The first-order chi connectivity index (χ1) is 8.61. The van der Waals surface area contributed by atoms with Crippen molar-refractivity contribution in [3.8, 4) is 0 Å². The van der Waals surface area contributed by atoms with Crippen molar-refractivity contribution in [2.45, 2.75) is 0 Å². The second kappa shape index (κ2) is 8.02. The van der Waals surface area contributed by atoms with Crippen LogP contribution in [0.15, 0.2) is 41.4 Å². The molecule has 4 N–H and O–H groups in total. The summed E-state index contributed by atoms with van der Waals surface area (Å²) in [6.45, 7) is 4.18. The highest BCUT2D eigenvalue weighted by atomic mass is 79.9. The van der Waals surface area contributed by atoms with Gasteiger partial charge in [-0.1, -0.05) is 22.0 Å². The molecule has 0 saturated carbocycles. The van der Waals surface area contributed by atoms with Crippen molar-refractivity contribution in [2.75, 3.05) is 11.9 Å². The quantitative estimate of drug-likeness (QED) is 0.383. The van der Waals surface area contributed by atoms with Gasteiger partial charge in [-0.15, -0.1) is 6.58 Å². The summed E-state index contributed by atoms with van der Waals surface area (Å²) in [7, 11) is 0. The van der Waals surface area contributed by atoms with Crippen LogP contribution in [0, 0.1) is 0 Å². The highest BCUT2D eigenvalue weighted by Gasteiger charge is 1.98. The molecular formula is C11H13BrN4S2. The molecule has 0 aliphatic rings. The molecule has 0 aromatic heterocycles. The summed E-state index contributed by atoms with van der Waals surface area (Å²) in [5.74, 6) is 0. The third kappa shape index (κ3) is 5.95. The molecule has 0 spiro atoms. The zero-order valence-corrected chi connectivity index (χ0v) is 12.7. The lowest BCUT2D eigenvalue weighted by Gasteiger charge is -2.13. The molecule has 1 aromatic carbocycles. The molecule has 1 aromatic rings. The molecule has 96 valence electrons. The van der Waals surface area contributed by atoms with Gasteiger partial charge in [0.25, 0.3) is 0 Å². The minimum Gasteiger partial charge on any atom is -0.358 e. The second-order valence-corrected chi connectivity index (χ2v) is 4.94. The number of benzene rings is 1. The van der Waals surface area contributed by atoms with Gasteiger partial charge >= 0.3 is 0 Å². The fourth-order valence-corrected chi connectivity index (χ4v) is 1.59. The van der Waals surface area contributed by atoms with Gasteiger partial charge in [-0.3, -0.25) is 10.9 Å². The number of anilines is 1. The van der Waals surface area contributed by atoms with E-state index in [0.29, 0.717) is 16.8 Å². The van der Waals surface area contributed by atoms with Crippen LogP contribution < -0.4 is 21.5 Å². The van der Waals surface area contributed by atoms with Gasteiger partial charge in [0.2, 0.25) is 0 Å². The van der Waals surface area contributed by atoms with E-state index in [1.54, 1.807) is 6.08 Å². The van der Waals surface area contributed by atoms with Gasteiger partial charge in [-0.25, -0.2) is 0 Å². The van der Waals surface area contributed by atoms with Crippen LogP contribution in [0.2, 0.25) is 0 Å². The topological polar surface area (TPSA) is 48.1 Å². The van der Waals surface area contributed by atoms with Crippen molar-refractivity contribution in [3.05, 3.63) is 41.4 Å². The van der Waals surface area contributed by atoms with Gasteiger partial charge < -0.3 is 10.6 Å². The van der Waals surface area contributed by atoms with Crippen molar-refractivity contribution in [3.63, 3.8) is 0 Å². The van der Waals surface area contributed by atoms with Crippen molar-refractivity contribution in [1.29, 1.82) is 0 Å². The van der Waals surface area contributed by atoms with Gasteiger partial charge in [-0.05, 0) is 48.7 Å². The molecule has 0 heterocycles. The molecule has 0 bridgehead atoms. The summed E-state index contributed by atoms with van der Waals surface area (Å²) in [6.07, 6.45) is 1.71. The highest BCUT2D eigenvalue weighted by Crippen LogP contribution is 2.13. The van der Waals surface area contributed by atoms with Crippen LogP contribution >= 0.6 is 40.4 Å². The van der Waals surface area contributed by atoms with Crippen molar-refractivity contribution in [1.82, 2.24) is 16.2 Å². The lowest BCUT2D eigenvalue weighted by atomic mass is 10.3. The number of hydrogen-bond donors (Lipinski definition) is 4. The summed E-state index contributed by atoms with van der Waals surface area (Å²) >= 11 is 13.5. The van der Waals surface area contributed by atoms with Gasteiger partial charge in [-0.2, -0.15) is 0 Å². The molecule has 0 unspecified atom stereocenters. The molecule has 0 aliphatic heterocycles. The van der Waals surface area contributed by atoms with E-state index in [4.69, 9.17) is 24.4 Å². The normalized spacial score (nSPS) is 9.17. The summed E-state index contributed by atoms with van der Waals surface area (Å²) in [4.78, 5) is 0. The van der Waals surface area contributed by atoms with Gasteiger partial charge in [0.05, 0.1) is 0 Å². The van der Waals surface area contributed by atoms with Crippen LogP contribution in [0.5, 0.6) is 0 Å². The van der Waals surface area contributed by atoms with E-state index >= 15 is 0 Å². The van der Waals surface area contributed by atoms with Crippen LogP contribution in [0.3, 0.4) is 0 Å². The van der Waals surface area contributed by atoms with Crippen LogP contribution in [-0.2, 0) is 0 Å². The molecule has 7 heteroatoms. The van der Waals surface area contributed by atoms with Gasteiger partial charge in [0, 0.05) is 16.7 Å². The van der Waals surface area contributed by atoms with Gasteiger partial charge in [0.15, 0.2) is 10.2 Å². The van der Waals surface area contributed by atoms with E-state index in [1.165, 1.54) is 0 Å². The van der Waals surface area contributed by atoms with E-state index < -0.39 is 0 Å². The third-order valence-corrected chi connectivity index (χ3v) is 2.78. The van der Waals surface area contributed by atoms with E-state index in [-0.39, 0.29) is 0 Å².